The number of methoxy groups -OCH3 is 1. The third-order valence-corrected chi connectivity index (χ3v) is 5.33. The van der Waals surface area contributed by atoms with E-state index in [-0.39, 0.29) is 19.1 Å². The maximum absolute atomic E-state index is 12.9. The topological polar surface area (TPSA) is 69.6 Å². The molecule has 0 radical (unpaired) electrons. The molecule has 0 spiro atoms. The zero-order valence-electron chi connectivity index (χ0n) is 18.0. The second kappa shape index (κ2) is 9.71. The second-order valence-electron chi connectivity index (χ2n) is 7.00. The van der Waals surface area contributed by atoms with E-state index < -0.39 is 5.97 Å². The second-order valence-corrected chi connectivity index (χ2v) is 7.41. The lowest BCUT2D eigenvalue weighted by atomic mass is 10.1. The minimum Gasteiger partial charge on any atom is -0.495 e. The standard InChI is InChI=1S/C24H25ClN2O4/c1-5-31-24(29)22-15(2)23(17-9-7-6-8-10-17)27(16(22)3)14-21(28)26-18-11-12-20(30-4)19(25)13-18/h6-13H,5,14H2,1-4H3,(H,26,28). The van der Waals surface area contributed by atoms with E-state index in [1.165, 1.54) is 7.11 Å². The molecule has 0 bridgehead atoms. The van der Waals surface area contributed by atoms with E-state index in [0.29, 0.717) is 27.7 Å². The molecule has 7 heteroatoms. The van der Waals surface area contributed by atoms with E-state index in [4.69, 9.17) is 21.1 Å². The lowest BCUT2D eigenvalue weighted by Crippen LogP contribution is -2.20. The van der Waals surface area contributed by atoms with Crippen LogP contribution in [0.2, 0.25) is 5.02 Å². The van der Waals surface area contributed by atoms with Crippen LogP contribution in [0.1, 0.15) is 28.5 Å². The Labute approximate surface area is 186 Å². The maximum atomic E-state index is 12.9. The van der Waals surface area contributed by atoms with Crippen molar-refractivity contribution in [3.8, 4) is 17.0 Å². The summed E-state index contributed by atoms with van der Waals surface area (Å²) in [6.45, 7) is 5.77. The Morgan fingerprint density at radius 3 is 2.42 bits per heavy atom. The molecule has 1 heterocycles. The average Bonchev–Trinajstić information content (AvgIpc) is 2.98. The van der Waals surface area contributed by atoms with Crippen LogP contribution in [0.25, 0.3) is 11.3 Å². The van der Waals surface area contributed by atoms with Crippen LogP contribution in [-0.2, 0) is 16.1 Å². The predicted molar refractivity (Wildman–Crippen MR) is 122 cm³/mol. The minimum atomic E-state index is -0.393. The van der Waals surface area contributed by atoms with Gasteiger partial charge < -0.3 is 19.4 Å². The van der Waals surface area contributed by atoms with Gasteiger partial charge in [-0.05, 0) is 50.1 Å². The van der Waals surface area contributed by atoms with Crippen molar-refractivity contribution >= 4 is 29.2 Å². The van der Waals surface area contributed by atoms with Crippen molar-refractivity contribution in [1.82, 2.24) is 4.57 Å². The molecule has 0 aliphatic carbocycles. The van der Waals surface area contributed by atoms with E-state index in [0.717, 1.165) is 16.8 Å². The van der Waals surface area contributed by atoms with Gasteiger partial charge in [-0.2, -0.15) is 0 Å². The number of hydrogen-bond donors (Lipinski definition) is 1. The monoisotopic (exact) mass is 440 g/mol. The molecule has 1 amide bonds. The van der Waals surface area contributed by atoms with Crippen molar-refractivity contribution in [2.75, 3.05) is 19.0 Å². The van der Waals surface area contributed by atoms with E-state index in [2.05, 4.69) is 5.32 Å². The number of carbonyl (C=O) groups excluding carboxylic acids is 2. The van der Waals surface area contributed by atoms with Crippen LogP contribution in [-0.4, -0.2) is 30.2 Å². The Kier molecular flexibility index (Phi) is 7.02. The first-order valence-corrected chi connectivity index (χ1v) is 10.3. The number of rotatable bonds is 7. The summed E-state index contributed by atoms with van der Waals surface area (Å²) < 4.78 is 12.2. The Hall–Kier alpha value is -3.25. The highest BCUT2D eigenvalue weighted by atomic mass is 35.5. The number of carbonyl (C=O) groups is 2. The summed E-state index contributed by atoms with van der Waals surface area (Å²) in [7, 11) is 1.53. The van der Waals surface area contributed by atoms with Gasteiger partial charge >= 0.3 is 5.97 Å². The fourth-order valence-electron chi connectivity index (χ4n) is 3.65. The highest BCUT2D eigenvalue weighted by Gasteiger charge is 2.25. The lowest BCUT2D eigenvalue weighted by Gasteiger charge is -2.13. The number of amides is 1. The van der Waals surface area contributed by atoms with Crippen LogP contribution in [0.15, 0.2) is 48.5 Å². The summed E-state index contributed by atoms with van der Waals surface area (Å²) in [4.78, 5) is 25.5. The van der Waals surface area contributed by atoms with Crippen molar-refractivity contribution in [2.45, 2.75) is 27.3 Å². The predicted octanol–water partition coefficient (Wildman–Crippen LogP) is 5.25. The van der Waals surface area contributed by atoms with Gasteiger partial charge in [0.2, 0.25) is 5.91 Å². The van der Waals surface area contributed by atoms with Gasteiger partial charge in [0.15, 0.2) is 0 Å². The zero-order chi connectivity index (χ0) is 22.5. The van der Waals surface area contributed by atoms with Crippen LogP contribution in [0.5, 0.6) is 5.75 Å². The average molecular weight is 441 g/mol. The third-order valence-electron chi connectivity index (χ3n) is 5.03. The van der Waals surface area contributed by atoms with Gasteiger partial charge in [0.05, 0.1) is 30.0 Å². The zero-order valence-corrected chi connectivity index (χ0v) is 18.7. The lowest BCUT2D eigenvalue weighted by molar-refractivity contribution is -0.116. The molecule has 0 fully saturated rings. The molecule has 0 atom stereocenters. The molecule has 3 rings (SSSR count). The van der Waals surface area contributed by atoms with Crippen molar-refractivity contribution < 1.29 is 19.1 Å². The molecule has 0 aliphatic heterocycles. The molecular formula is C24H25ClN2O4. The first-order valence-electron chi connectivity index (χ1n) is 9.93. The molecule has 0 saturated heterocycles. The molecule has 0 saturated carbocycles. The van der Waals surface area contributed by atoms with Gasteiger partial charge in [-0.15, -0.1) is 0 Å². The summed E-state index contributed by atoms with van der Waals surface area (Å²) in [5, 5.41) is 3.26. The number of nitrogens with zero attached hydrogens (tertiary/aromatic N) is 1. The summed E-state index contributed by atoms with van der Waals surface area (Å²) in [6, 6.07) is 14.7. The summed E-state index contributed by atoms with van der Waals surface area (Å²) in [5.41, 5.74) is 4.23. The Bertz CT molecular complexity index is 1110. The van der Waals surface area contributed by atoms with Crippen LogP contribution in [0, 0.1) is 13.8 Å². The molecule has 6 nitrogen and oxygen atoms in total. The summed E-state index contributed by atoms with van der Waals surface area (Å²) >= 11 is 6.16. The molecule has 0 aliphatic rings. The van der Waals surface area contributed by atoms with Gasteiger partial charge in [-0.25, -0.2) is 4.79 Å². The summed E-state index contributed by atoms with van der Waals surface area (Å²) in [5.74, 6) is -0.107. The first kappa shape index (κ1) is 22.4. The normalized spacial score (nSPS) is 10.6. The van der Waals surface area contributed by atoms with Gasteiger partial charge in [0, 0.05) is 11.4 Å². The van der Waals surface area contributed by atoms with Crippen LogP contribution in [0.3, 0.4) is 0 Å². The molecule has 0 unspecified atom stereocenters. The molecule has 1 aromatic heterocycles. The largest absolute Gasteiger partial charge is 0.495 e. The van der Waals surface area contributed by atoms with Crippen molar-refractivity contribution in [3.63, 3.8) is 0 Å². The molecule has 3 aromatic rings. The Morgan fingerprint density at radius 2 is 1.81 bits per heavy atom. The van der Waals surface area contributed by atoms with E-state index in [1.807, 2.05) is 48.7 Å². The molecule has 1 N–H and O–H groups in total. The number of anilines is 1. The highest BCUT2D eigenvalue weighted by molar-refractivity contribution is 6.32. The minimum absolute atomic E-state index is 0.0277. The van der Waals surface area contributed by atoms with Gasteiger partial charge in [-0.1, -0.05) is 41.9 Å². The number of halogens is 1. The Balaban J connectivity index is 1.97. The van der Waals surface area contributed by atoms with Crippen LogP contribution >= 0.6 is 11.6 Å². The Morgan fingerprint density at radius 1 is 1.10 bits per heavy atom. The van der Waals surface area contributed by atoms with E-state index in [9.17, 15) is 9.59 Å². The fourth-order valence-corrected chi connectivity index (χ4v) is 3.91. The van der Waals surface area contributed by atoms with E-state index >= 15 is 0 Å². The summed E-state index contributed by atoms with van der Waals surface area (Å²) in [6.07, 6.45) is 0. The van der Waals surface area contributed by atoms with Crippen molar-refractivity contribution in [1.29, 1.82) is 0 Å². The third kappa shape index (κ3) is 4.75. The number of nitrogens with one attached hydrogen (secondary N) is 1. The highest BCUT2D eigenvalue weighted by Crippen LogP contribution is 2.32. The van der Waals surface area contributed by atoms with Gasteiger partial charge in [0.25, 0.3) is 0 Å². The van der Waals surface area contributed by atoms with E-state index in [1.54, 1.807) is 25.1 Å². The number of ether oxygens (including phenoxy) is 2. The SMILES string of the molecule is CCOC(=O)c1c(C)c(-c2ccccc2)n(CC(=O)Nc2ccc(OC)c(Cl)c2)c1C. The first-order chi connectivity index (χ1) is 14.9. The molecule has 2 aromatic carbocycles. The van der Waals surface area contributed by atoms with Crippen molar-refractivity contribution in [2.24, 2.45) is 0 Å². The van der Waals surface area contributed by atoms with Crippen LogP contribution < -0.4 is 10.1 Å². The smallest absolute Gasteiger partial charge is 0.340 e. The van der Waals surface area contributed by atoms with Crippen LogP contribution in [0.4, 0.5) is 5.69 Å². The van der Waals surface area contributed by atoms with Crippen molar-refractivity contribution in [3.05, 3.63) is 70.4 Å². The quantitative estimate of drug-likeness (QED) is 0.509. The maximum Gasteiger partial charge on any atom is 0.340 e. The molecule has 162 valence electrons. The molecular weight excluding hydrogens is 416 g/mol. The van der Waals surface area contributed by atoms with Gasteiger partial charge in [-0.3, -0.25) is 4.79 Å². The van der Waals surface area contributed by atoms with Gasteiger partial charge in [0.1, 0.15) is 12.3 Å². The molecule has 31 heavy (non-hydrogen) atoms. The fraction of sp³-hybridized carbons (Fsp3) is 0.250. The number of benzene rings is 2. The number of esters is 1. The number of aromatic nitrogens is 1. The number of hydrogen-bond acceptors (Lipinski definition) is 4.